The first-order valence-corrected chi connectivity index (χ1v) is 8.96. The number of nitrogens with one attached hydrogen (secondary N) is 1. The van der Waals surface area contributed by atoms with Crippen LogP contribution in [0, 0.1) is 0 Å². The molecule has 0 unspecified atom stereocenters. The number of fused-ring (bicyclic) bond motifs is 1. The van der Waals surface area contributed by atoms with Crippen molar-refractivity contribution in [2.24, 2.45) is 0 Å². The van der Waals surface area contributed by atoms with Crippen LogP contribution in [0.2, 0.25) is 5.02 Å². The summed E-state index contributed by atoms with van der Waals surface area (Å²) in [5, 5.41) is 13.5. The molecule has 3 rings (SSSR count). The molecule has 0 bridgehead atoms. The number of hydrogen-bond acceptors (Lipinski definition) is 5. The normalized spacial score (nSPS) is 11.6. The standard InChI is InChI=1S/C16H13ClN2O3S/c1-23(21,22)11-3-4-14-12(9-11)15(6-7-18-14)19-10-2-5-16(20)13(17)8-10/h2-9,20H,1H3,(H,18,19). The number of aromatic nitrogens is 1. The van der Waals surface area contributed by atoms with Gasteiger partial charge in [0.1, 0.15) is 5.75 Å². The van der Waals surface area contributed by atoms with Gasteiger partial charge in [0.25, 0.3) is 0 Å². The van der Waals surface area contributed by atoms with Crippen LogP contribution < -0.4 is 5.32 Å². The van der Waals surface area contributed by atoms with Crippen molar-refractivity contribution in [1.29, 1.82) is 0 Å². The van der Waals surface area contributed by atoms with Gasteiger partial charge in [0.2, 0.25) is 0 Å². The van der Waals surface area contributed by atoms with Crippen LogP contribution in [-0.4, -0.2) is 24.8 Å². The molecule has 0 saturated carbocycles. The molecule has 0 amide bonds. The zero-order valence-electron chi connectivity index (χ0n) is 12.1. The van der Waals surface area contributed by atoms with E-state index in [1.54, 1.807) is 36.5 Å². The number of rotatable bonds is 3. The number of hydrogen-bond donors (Lipinski definition) is 2. The van der Waals surface area contributed by atoms with Crippen molar-refractivity contribution in [3.8, 4) is 5.75 Å². The number of sulfone groups is 1. The number of phenols is 1. The van der Waals surface area contributed by atoms with E-state index in [9.17, 15) is 13.5 Å². The van der Waals surface area contributed by atoms with Crippen LogP contribution in [0.3, 0.4) is 0 Å². The van der Waals surface area contributed by atoms with E-state index in [1.807, 2.05) is 0 Å². The lowest BCUT2D eigenvalue weighted by Crippen LogP contribution is -1.98. The van der Waals surface area contributed by atoms with Crippen molar-refractivity contribution in [3.63, 3.8) is 0 Å². The maximum absolute atomic E-state index is 11.7. The van der Waals surface area contributed by atoms with E-state index in [2.05, 4.69) is 10.3 Å². The Morgan fingerprint density at radius 2 is 1.91 bits per heavy atom. The molecule has 7 heteroatoms. The average molecular weight is 349 g/mol. The van der Waals surface area contributed by atoms with E-state index in [0.717, 1.165) is 6.26 Å². The van der Waals surface area contributed by atoms with Crippen LogP contribution in [0.1, 0.15) is 0 Å². The molecule has 0 fully saturated rings. The molecule has 0 atom stereocenters. The fourth-order valence-corrected chi connectivity index (χ4v) is 3.03. The molecule has 0 aliphatic carbocycles. The summed E-state index contributed by atoms with van der Waals surface area (Å²) in [6.07, 6.45) is 2.80. The molecule has 1 aromatic heterocycles. The molecule has 0 saturated heterocycles. The smallest absolute Gasteiger partial charge is 0.175 e. The van der Waals surface area contributed by atoms with Crippen molar-refractivity contribution < 1.29 is 13.5 Å². The summed E-state index contributed by atoms with van der Waals surface area (Å²) >= 11 is 5.90. The molecule has 5 nitrogen and oxygen atoms in total. The van der Waals surface area contributed by atoms with Crippen LogP contribution in [0.5, 0.6) is 5.75 Å². The van der Waals surface area contributed by atoms with Crippen molar-refractivity contribution in [2.45, 2.75) is 4.90 Å². The molecule has 0 spiro atoms. The second kappa shape index (κ2) is 5.72. The minimum absolute atomic E-state index is 0.00355. The van der Waals surface area contributed by atoms with Crippen LogP contribution in [-0.2, 0) is 9.84 Å². The van der Waals surface area contributed by atoms with Gasteiger partial charge >= 0.3 is 0 Å². The lowest BCUT2D eigenvalue weighted by Gasteiger charge is -2.11. The second-order valence-corrected chi connectivity index (χ2v) is 7.52. The van der Waals surface area contributed by atoms with Crippen molar-refractivity contribution in [1.82, 2.24) is 4.98 Å². The van der Waals surface area contributed by atoms with E-state index < -0.39 is 9.84 Å². The van der Waals surface area contributed by atoms with Crippen LogP contribution in [0.25, 0.3) is 10.9 Å². The van der Waals surface area contributed by atoms with E-state index >= 15 is 0 Å². The third-order valence-electron chi connectivity index (χ3n) is 3.37. The number of anilines is 2. The van der Waals surface area contributed by atoms with Gasteiger partial charge in [0.05, 0.1) is 15.4 Å². The first-order chi connectivity index (χ1) is 10.8. The Hall–Kier alpha value is -2.31. The van der Waals surface area contributed by atoms with E-state index in [-0.39, 0.29) is 15.7 Å². The molecule has 0 radical (unpaired) electrons. The highest BCUT2D eigenvalue weighted by atomic mass is 35.5. The Kier molecular flexibility index (Phi) is 3.87. The van der Waals surface area contributed by atoms with Gasteiger partial charge in [-0.25, -0.2) is 8.42 Å². The zero-order chi connectivity index (χ0) is 16.6. The SMILES string of the molecule is CS(=O)(=O)c1ccc2nccc(Nc3ccc(O)c(Cl)c3)c2c1. The van der Waals surface area contributed by atoms with Crippen molar-refractivity contribution >= 4 is 43.7 Å². The Bertz CT molecular complexity index is 1000. The number of pyridine rings is 1. The molecule has 3 aromatic rings. The van der Waals surface area contributed by atoms with E-state index in [0.29, 0.717) is 22.3 Å². The van der Waals surface area contributed by atoms with Crippen LogP contribution in [0.4, 0.5) is 11.4 Å². The van der Waals surface area contributed by atoms with Gasteiger partial charge in [0.15, 0.2) is 9.84 Å². The Morgan fingerprint density at radius 3 is 2.61 bits per heavy atom. The molecule has 0 aliphatic rings. The van der Waals surface area contributed by atoms with Crippen LogP contribution >= 0.6 is 11.6 Å². The molecular weight excluding hydrogens is 336 g/mol. The van der Waals surface area contributed by atoms with Gasteiger partial charge in [-0.2, -0.15) is 0 Å². The third-order valence-corrected chi connectivity index (χ3v) is 4.78. The average Bonchev–Trinajstić information content (AvgIpc) is 2.50. The van der Waals surface area contributed by atoms with E-state index in [4.69, 9.17) is 11.6 Å². The summed E-state index contributed by atoms with van der Waals surface area (Å²) in [5.41, 5.74) is 2.04. The number of halogens is 1. The number of nitrogens with zero attached hydrogens (tertiary/aromatic N) is 1. The second-order valence-electron chi connectivity index (χ2n) is 5.10. The van der Waals surface area contributed by atoms with Crippen molar-refractivity contribution in [3.05, 3.63) is 53.7 Å². The summed E-state index contributed by atoms with van der Waals surface area (Å²) < 4.78 is 23.5. The number of aromatic hydroxyl groups is 1. The first kappa shape index (κ1) is 15.6. The van der Waals surface area contributed by atoms with Crippen LogP contribution in [0.15, 0.2) is 53.6 Å². The number of phenolic OH excluding ortho intramolecular Hbond substituents is 1. The van der Waals surface area contributed by atoms with E-state index in [1.165, 1.54) is 12.1 Å². The summed E-state index contributed by atoms with van der Waals surface area (Å²) in [5.74, 6) is -0.00355. The monoisotopic (exact) mass is 348 g/mol. The van der Waals surface area contributed by atoms with Gasteiger partial charge in [-0.3, -0.25) is 4.98 Å². The quantitative estimate of drug-likeness (QED) is 0.705. The lowest BCUT2D eigenvalue weighted by molar-refractivity contribution is 0.475. The number of benzene rings is 2. The van der Waals surface area contributed by atoms with Crippen molar-refractivity contribution in [2.75, 3.05) is 11.6 Å². The topological polar surface area (TPSA) is 79.3 Å². The molecule has 1 heterocycles. The molecule has 2 aromatic carbocycles. The van der Waals surface area contributed by atoms with Gasteiger partial charge in [0, 0.05) is 29.2 Å². The highest BCUT2D eigenvalue weighted by Crippen LogP contribution is 2.31. The minimum atomic E-state index is -3.31. The summed E-state index contributed by atoms with van der Waals surface area (Å²) in [4.78, 5) is 4.46. The highest BCUT2D eigenvalue weighted by molar-refractivity contribution is 7.90. The predicted octanol–water partition coefficient (Wildman–Crippen LogP) is 3.74. The summed E-state index contributed by atoms with van der Waals surface area (Å²) in [6.45, 7) is 0. The maximum Gasteiger partial charge on any atom is 0.175 e. The Morgan fingerprint density at radius 1 is 1.13 bits per heavy atom. The molecule has 0 aliphatic heterocycles. The lowest BCUT2D eigenvalue weighted by atomic mass is 10.2. The molecule has 118 valence electrons. The predicted molar refractivity (Wildman–Crippen MR) is 91.3 cm³/mol. The Labute approximate surface area is 138 Å². The highest BCUT2D eigenvalue weighted by Gasteiger charge is 2.10. The fourth-order valence-electron chi connectivity index (χ4n) is 2.21. The van der Waals surface area contributed by atoms with Gasteiger partial charge in [-0.05, 0) is 42.5 Å². The summed E-state index contributed by atoms with van der Waals surface area (Å²) in [6, 6.07) is 11.3. The molecular formula is C16H13ClN2O3S. The van der Waals surface area contributed by atoms with Gasteiger partial charge in [-0.1, -0.05) is 11.6 Å². The third kappa shape index (κ3) is 3.23. The first-order valence-electron chi connectivity index (χ1n) is 6.69. The fraction of sp³-hybridized carbons (Fsp3) is 0.0625. The molecule has 23 heavy (non-hydrogen) atoms. The largest absolute Gasteiger partial charge is 0.506 e. The van der Waals surface area contributed by atoms with Gasteiger partial charge in [-0.15, -0.1) is 0 Å². The zero-order valence-corrected chi connectivity index (χ0v) is 13.7. The Balaban J connectivity index is 2.11. The molecule has 2 N–H and O–H groups in total. The maximum atomic E-state index is 11.7. The van der Waals surface area contributed by atoms with Gasteiger partial charge < -0.3 is 10.4 Å². The minimum Gasteiger partial charge on any atom is -0.506 e. The summed E-state index contributed by atoms with van der Waals surface area (Å²) in [7, 11) is -3.31.